The molecular formula is C15H16F2N4OS. The first-order valence-corrected chi connectivity index (χ1v) is 8.20. The van der Waals surface area contributed by atoms with Gasteiger partial charge < -0.3 is 10.2 Å². The molecule has 1 atom stereocenters. The van der Waals surface area contributed by atoms with Gasteiger partial charge in [0.25, 0.3) is 6.43 Å². The Morgan fingerprint density at radius 3 is 2.96 bits per heavy atom. The molecule has 0 unspecified atom stereocenters. The molecule has 0 radical (unpaired) electrons. The lowest BCUT2D eigenvalue weighted by atomic mass is 10.2. The van der Waals surface area contributed by atoms with Crippen molar-refractivity contribution >= 4 is 17.4 Å². The number of carbonyl (C=O) groups excluding carboxylic acids is 1. The van der Waals surface area contributed by atoms with Gasteiger partial charge in [-0.3, -0.25) is 4.98 Å². The van der Waals surface area contributed by atoms with Crippen LogP contribution in [0.15, 0.2) is 29.9 Å². The number of thiazole rings is 1. The first kappa shape index (κ1) is 15.8. The molecule has 3 rings (SSSR count). The predicted molar refractivity (Wildman–Crippen MR) is 83.3 cm³/mol. The topological polar surface area (TPSA) is 58.1 Å². The van der Waals surface area contributed by atoms with E-state index in [4.69, 9.17) is 0 Å². The Balaban J connectivity index is 1.58. The van der Waals surface area contributed by atoms with Crippen molar-refractivity contribution < 1.29 is 13.6 Å². The minimum Gasteiger partial charge on any atom is -0.331 e. The molecule has 8 heteroatoms. The van der Waals surface area contributed by atoms with Gasteiger partial charge in [0.15, 0.2) is 0 Å². The monoisotopic (exact) mass is 338 g/mol. The first-order chi connectivity index (χ1) is 11.1. The minimum atomic E-state index is -2.50. The van der Waals surface area contributed by atoms with Gasteiger partial charge in [0, 0.05) is 29.9 Å². The van der Waals surface area contributed by atoms with Crippen LogP contribution in [0.4, 0.5) is 13.6 Å². The predicted octanol–water partition coefficient (Wildman–Crippen LogP) is 3.14. The van der Waals surface area contributed by atoms with Gasteiger partial charge in [0.2, 0.25) is 0 Å². The van der Waals surface area contributed by atoms with Crippen molar-refractivity contribution in [2.75, 3.05) is 6.54 Å². The van der Waals surface area contributed by atoms with Gasteiger partial charge in [-0.05, 0) is 25.0 Å². The molecular weight excluding hydrogens is 322 g/mol. The molecule has 1 fully saturated rings. The molecule has 3 heterocycles. The number of alkyl halides is 2. The normalized spacial score (nSPS) is 17.7. The van der Waals surface area contributed by atoms with Crippen LogP contribution in [0.2, 0.25) is 0 Å². The van der Waals surface area contributed by atoms with E-state index in [0.29, 0.717) is 19.4 Å². The Labute approximate surface area is 136 Å². The first-order valence-electron chi connectivity index (χ1n) is 7.32. The lowest BCUT2D eigenvalue weighted by Gasteiger charge is -2.23. The van der Waals surface area contributed by atoms with Crippen LogP contribution >= 0.6 is 11.3 Å². The van der Waals surface area contributed by atoms with Crippen LogP contribution in [0.5, 0.6) is 0 Å². The maximum absolute atomic E-state index is 12.9. The summed E-state index contributed by atoms with van der Waals surface area (Å²) in [7, 11) is 0. The second-order valence-electron chi connectivity index (χ2n) is 5.26. The molecule has 0 bridgehead atoms. The van der Waals surface area contributed by atoms with E-state index in [0.717, 1.165) is 16.3 Å². The lowest BCUT2D eigenvalue weighted by molar-refractivity contribution is 0.0606. The summed E-state index contributed by atoms with van der Waals surface area (Å²) in [5.74, 6) is 0. The van der Waals surface area contributed by atoms with Gasteiger partial charge in [-0.25, -0.2) is 18.6 Å². The highest BCUT2D eigenvalue weighted by molar-refractivity contribution is 7.09. The van der Waals surface area contributed by atoms with Crippen LogP contribution in [-0.4, -0.2) is 39.9 Å². The summed E-state index contributed by atoms with van der Waals surface area (Å²) in [6.45, 7) is 0.613. The largest absolute Gasteiger partial charge is 0.331 e. The van der Waals surface area contributed by atoms with Crippen LogP contribution < -0.4 is 5.32 Å². The van der Waals surface area contributed by atoms with Gasteiger partial charge in [0.05, 0.1) is 18.3 Å². The van der Waals surface area contributed by atoms with Gasteiger partial charge in [-0.2, -0.15) is 0 Å². The number of nitrogens with one attached hydrogen (secondary N) is 1. The quantitative estimate of drug-likeness (QED) is 0.932. The molecule has 5 nitrogen and oxygen atoms in total. The number of carbonyl (C=O) groups is 1. The highest BCUT2D eigenvalue weighted by Crippen LogP contribution is 2.23. The van der Waals surface area contributed by atoms with Gasteiger partial charge >= 0.3 is 6.03 Å². The fourth-order valence-electron chi connectivity index (χ4n) is 2.61. The Hall–Kier alpha value is -2.09. The molecule has 1 saturated heterocycles. The molecule has 0 spiro atoms. The van der Waals surface area contributed by atoms with Crippen molar-refractivity contribution in [3.63, 3.8) is 0 Å². The molecule has 1 N–H and O–H groups in total. The minimum absolute atomic E-state index is 0.237. The van der Waals surface area contributed by atoms with Crippen molar-refractivity contribution in [2.45, 2.75) is 31.9 Å². The highest BCUT2D eigenvalue weighted by Gasteiger charge is 2.35. The van der Waals surface area contributed by atoms with Crippen molar-refractivity contribution in [3.05, 3.63) is 34.9 Å². The zero-order valence-corrected chi connectivity index (χ0v) is 13.1. The summed E-state index contributed by atoms with van der Waals surface area (Å²) in [5.41, 5.74) is 1.76. The number of hydrogen-bond donors (Lipinski definition) is 1. The molecule has 0 aromatic carbocycles. The van der Waals surface area contributed by atoms with Crippen molar-refractivity contribution in [3.8, 4) is 11.3 Å². The van der Waals surface area contributed by atoms with Gasteiger partial charge in [-0.15, -0.1) is 11.3 Å². The molecule has 1 aliphatic rings. The average Bonchev–Trinajstić information content (AvgIpc) is 3.23. The van der Waals surface area contributed by atoms with Crippen molar-refractivity contribution in [1.82, 2.24) is 20.2 Å². The van der Waals surface area contributed by atoms with Gasteiger partial charge in [0.1, 0.15) is 5.01 Å². The third-order valence-electron chi connectivity index (χ3n) is 3.77. The van der Waals surface area contributed by atoms with Crippen molar-refractivity contribution in [2.24, 2.45) is 0 Å². The Morgan fingerprint density at radius 1 is 1.43 bits per heavy atom. The Morgan fingerprint density at radius 2 is 2.22 bits per heavy atom. The van der Waals surface area contributed by atoms with E-state index in [9.17, 15) is 13.6 Å². The average molecular weight is 338 g/mol. The molecule has 2 aromatic rings. The molecule has 0 aliphatic carbocycles. The second kappa shape index (κ2) is 6.99. The van der Waals surface area contributed by atoms with E-state index >= 15 is 0 Å². The summed E-state index contributed by atoms with van der Waals surface area (Å²) in [5, 5.41) is 5.31. The maximum atomic E-state index is 12.9. The summed E-state index contributed by atoms with van der Waals surface area (Å²) in [4.78, 5) is 21.7. The van der Waals surface area contributed by atoms with Gasteiger partial charge in [-0.1, -0.05) is 0 Å². The zero-order valence-electron chi connectivity index (χ0n) is 12.3. The molecule has 0 saturated carbocycles. The summed E-state index contributed by atoms with van der Waals surface area (Å²) in [6, 6.07) is 2.29. The second-order valence-corrected chi connectivity index (χ2v) is 6.20. The summed E-state index contributed by atoms with van der Waals surface area (Å²) in [6.07, 6.45) is 1.85. The third kappa shape index (κ3) is 3.64. The molecule has 1 aliphatic heterocycles. The number of nitrogens with zero attached hydrogens (tertiary/aromatic N) is 3. The van der Waals surface area contributed by atoms with E-state index in [2.05, 4.69) is 15.3 Å². The van der Waals surface area contributed by atoms with Crippen molar-refractivity contribution in [1.29, 1.82) is 0 Å². The fraction of sp³-hybridized carbons (Fsp3) is 0.400. The van der Waals surface area contributed by atoms with E-state index in [1.165, 1.54) is 16.2 Å². The molecule has 2 aromatic heterocycles. The lowest BCUT2D eigenvalue weighted by Crippen LogP contribution is -2.45. The number of halogens is 2. The van der Waals surface area contributed by atoms with E-state index in [1.54, 1.807) is 12.4 Å². The van der Waals surface area contributed by atoms with Crippen LogP contribution in [0.3, 0.4) is 0 Å². The van der Waals surface area contributed by atoms with E-state index < -0.39 is 18.5 Å². The fourth-order valence-corrected chi connectivity index (χ4v) is 3.35. The number of hydrogen-bond acceptors (Lipinski definition) is 4. The Bertz CT molecular complexity index is 665. The number of aromatic nitrogens is 2. The smallest absolute Gasteiger partial charge is 0.318 e. The number of likely N-dealkylation sites (tertiary alicyclic amines) is 1. The van der Waals surface area contributed by atoms with Crippen LogP contribution in [0.25, 0.3) is 11.3 Å². The maximum Gasteiger partial charge on any atom is 0.318 e. The SMILES string of the molecule is O=C(NCc1nc(-c2ccncc2)cs1)N1CCC[C@H]1C(F)F. The van der Waals surface area contributed by atoms with E-state index in [-0.39, 0.29) is 6.54 Å². The molecule has 122 valence electrons. The third-order valence-corrected chi connectivity index (χ3v) is 4.62. The Kier molecular flexibility index (Phi) is 4.80. The molecule has 23 heavy (non-hydrogen) atoms. The molecule has 2 amide bonds. The standard InChI is InChI=1S/C15H16F2N4OS/c16-14(17)12-2-1-7-21(12)15(22)19-8-13-20-11(9-23-13)10-3-5-18-6-4-10/h3-6,9,12,14H,1-2,7-8H2,(H,19,22)/t12-/m0/s1. The van der Waals surface area contributed by atoms with Crippen LogP contribution in [-0.2, 0) is 6.54 Å². The number of pyridine rings is 1. The summed E-state index contributed by atoms with van der Waals surface area (Å²) < 4.78 is 25.7. The van der Waals surface area contributed by atoms with Crippen LogP contribution in [0.1, 0.15) is 17.8 Å². The summed E-state index contributed by atoms with van der Waals surface area (Å²) >= 11 is 1.42. The number of urea groups is 1. The zero-order chi connectivity index (χ0) is 16.2. The number of rotatable bonds is 4. The van der Waals surface area contributed by atoms with E-state index in [1.807, 2.05) is 17.5 Å². The van der Waals surface area contributed by atoms with Crippen LogP contribution in [0, 0.1) is 0 Å². The highest BCUT2D eigenvalue weighted by atomic mass is 32.1. The number of amides is 2.